The molecular formula is C18H34N2O. The molecule has 0 spiro atoms. The number of carbonyl (C=O) groups excluding carboxylic acids is 1. The van der Waals surface area contributed by atoms with Gasteiger partial charge in [-0.2, -0.15) is 0 Å². The summed E-state index contributed by atoms with van der Waals surface area (Å²) in [5, 5.41) is 3.47. The number of piperidine rings is 2. The van der Waals surface area contributed by atoms with Gasteiger partial charge in [-0.3, -0.25) is 4.79 Å². The largest absolute Gasteiger partial charge is 0.342 e. The molecule has 0 radical (unpaired) electrons. The smallest absolute Gasteiger partial charge is 0.230 e. The lowest BCUT2D eigenvalue weighted by Gasteiger charge is -2.45. The minimum Gasteiger partial charge on any atom is -0.342 e. The fraction of sp³-hybridized carbons (Fsp3) is 0.944. The predicted octanol–water partition coefficient (Wildman–Crippen LogP) is 3.59. The van der Waals surface area contributed by atoms with Gasteiger partial charge in [-0.15, -0.1) is 0 Å². The van der Waals surface area contributed by atoms with Gasteiger partial charge in [0.05, 0.1) is 5.41 Å². The SMILES string of the molecule is CCCC1(C(=O)N2CCC(CC)(CC)CC2)CCCNC1. The fourth-order valence-electron chi connectivity index (χ4n) is 4.43. The molecule has 2 aliphatic rings. The molecule has 2 rings (SSSR count). The van der Waals surface area contributed by atoms with Crippen LogP contribution in [0, 0.1) is 10.8 Å². The average Bonchev–Trinajstić information content (AvgIpc) is 2.55. The first kappa shape index (κ1) is 16.8. The van der Waals surface area contributed by atoms with Crippen LogP contribution in [0.25, 0.3) is 0 Å². The van der Waals surface area contributed by atoms with Gasteiger partial charge in [0.15, 0.2) is 0 Å². The highest BCUT2D eigenvalue weighted by Gasteiger charge is 2.43. The second-order valence-electron chi connectivity index (χ2n) is 7.31. The summed E-state index contributed by atoms with van der Waals surface area (Å²) in [7, 11) is 0. The zero-order valence-corrected chi connectivity index (χ0v) is 14.3. The summed E-state index contributed by atoms with van der Waals surface area (Å²) in [4.78, 5) is 15.3. The van der Waals surface area contributed by atoms with Crippen LogP contribution in [-0.2, 0) is 4.79 Å². The van der Waals surface area contributed by atoms with Crippen molar-refractivity contribution in [1.82, 2.24) is 10.2 Å². The highest BCUT2D eigenvalue weighted by Crippen LogP contribution is 2.40. The molecule has 0 aromatic carbocycles. The fourth-order valence-corrected chi connectivity index (χ4v) is 4.43. The second kappa shape index (κ2) is 7.13. The van der Waals surface area contributed by atoms with Gasteiger partial charge in [-0.1, -0.05) is 40.0 Å². The third kappa shape index (κ3) is 3.44. The van der Waals surface area contributed by atoms with Gasteiger partial charge in [-0.05, 0) is 44.1 Å². The Morgan fingerprint density at radius 2 is 1.76 bits per heavy atom. The van der Waals surface area contributed by atoms with Crippen LogP contribution in [0.1, 0.15) is 72.1 Å². The summed E-state index contributed by atoms with van der Waals surface area (Å²) in [6.45, 7) is 10.8. The number of rotatable bonds is 5. The minimum absolute atomic E-state index is 0.106. The molecule has 2 heterocycles. The lowest BCUT2D eigenvalue weighted by Crippen LogP contribution is -2.54. The first-order valence-corrected chi connectivity index (χ1v) is 9.11. The summed E-state index contributed by atoms with van der Waals surface area (Å²) in [6, 6.07) is 0. The van der Waals surface area contributed by atoms with Crippen LogP contribution in [0.5, 0.6) is 0 Å². The monoisotopic (exact) mass is 294 g/mol. The molecular weight excluding hydrogens is 260 g/mol. The molecule has 122 valence electrons. The molecule has 2 aliphatic heterocycles. The van der Waals surface area contributed by atoms with Gasteiger partial charge in [0, 0.05) is 19.6 Å². The van der Waals surface area contributed by atoms with Gasteiger partial charge in [0.1, 0.15) is 0 Å². The molecule has 0 aromatic heterocycles. The van der Waals surface area contributed by atoms with E-state index in [1.165, 1.54) is 25.7 Å². The normalized spacial score (nSPS) is 29.4. The summed E-state index contributed by atoms with van der Waals surface area (Å²) in [6.07, 6.45) is 9.28. The molecule has 0 saturated carbocycles. The highest BCUT2D eigenvalue weighted by molar-refractivity contribution is 5.83. The molecule has 1 N–H and O–H groups in total. The van der Waals surface area contributed by atoms with Gasteiger partial charge >= 0.3 is 0 Å². The molecule has 2 fully saturated rings. The van der Waals surface area contributed by atoms with E-state index in [-0.39, 0.29) is 5.41 Å². The zero-order valence-electron chi connectivity index (χ0n) is 14.3. The number of amides is 1. The summed E-state index contributed by atoms with van der Waals surface area (Å²) in [5.74, 6) is 0.442. The van der Waals surface area contributed by atoms with E-state index in [2.05, 4.69) is 31.0 Å². The topological polar surface area (TPSA) is 32.3 Å². The third-order valence-corrected chi connectivity index (χ3v) is 6.27. The van der Waals surface area contributed by atoms with Crippen molar-refractivity contribution in [2.75, 3.05) is 26.2 Å². The Labute approximate surface area is 130 Å². The Kier molecular flexibility index (Phi) is 5.70. The Bertz CT molecular complexity index is 328. The van der Waals surface area contributed by atoms with Crippen LogP contribution < -0.4 is 5.32 Å². The van der Waals surface area contributed by atoms with E-state index in [1.54, 1.807) is 0 Å². The molecule has 1 atom stereocenters. The first-order chi connectivity index (χ1) is 10.1. The van der Waals surface area contributed by atoms with Gasteiger partial charge in [0.2, 0.25) is 5.91 Å². The van der Waals surface area contributed by atoms with E-state index in [4.69, 9.17) is 0 Å². The van der Waals surface area contributed by atoms with Crippen LogP contribution in [0.15, 0.2) is 0 Å². The van der Waals surface area contributed by atoms with Crippen LogP contribution in [0.2, 0.25) is 0 Å². The van der Waals surface area contributed by atoms with Crippen LogP contribution >= 0.6 is 0 Å². The molecule has 3 heteroatoms. The van der Waals surface area contributed by atoms with Crippen molar-refractivity contribution in [3.05, 3.63) is 0 Å². The maximum Gasteiger partial charge on any atom is 0.230 e. The van der Waals surface area contributed by atoms with Crippen molar-refractivity contribution in [1.29, 1.82) is 0 Å². The van der Waals surface area contributed by atoms with Crippen LogP contribution in [0.4, 0.5) is 0 Å². The van der Waals surface area contributed by atoms with Gasteiger partial charge < -0.3 is 10.2 Å². The van der Waals surface area contributed by atoms with E-state index in [0.717, 1.165) is 51.9 Å². The lowest BCUT2D eigenvalue weighted by atomic mass is 9.72. The number of nitrogens with one attached hydrogen (secondary N) is 1. The van der Waals surface area contributed by atoms with Crippen molar-refractivity contribution >= 4 is 5.91 Å². The van der Waals surface area contributed by atoms with Gasteiger partial charge in [0.25, 0.3) is 0 Å². The Morgan fingerprint density at radius 1 is 1.10 bits per heavy atom. The van der Waals surface area contributed by atoms with Crippen molar-refractivity contribution in [3.63, 3.8) is 0 Å². The molecule has 21 heavy (non-hydrogen) atoms. The van der Waals surface area contributed by atoms with E-state index in [9.17, 15) is 4.79 Å². The molecule has 1 amide bonds. The molecule has 1 unspecified atom stereocenters. The second-order valence-corrected chi connectivity index (χ2v) is 7.31. The average molecular weight is 294 g/mol. The van der Waals surface area contributed by atoms with E-state index in [0.29, 0.717) is 11.3 Å². The van der Waals surface area contributed by atoms with E-state index >= 15 is 0 Å². The van der Waals surface area contributed by atoms with Crippen LogP contribution in [0.3, 0.4) is 0 Å². The van der Waals surface area contributed by atoms with Gasteiger partial charge in [-0.25, -0.2) is 0 Å². The zero-order chi connectivity index (χ0) is 15.3. The van der Waals surface area contributed by atoms with Crippen LogP contribution in [-0.4, -0.2) is 37.0 Å². The third-order valence-electron chi connectivity index (χ3n) is 6.27. The number of hydrogen-bond donors (Lipinski definition) is 1. The van der Waals surface area contributed by atoms with Crippen molar-refractivity contribution in [2.45, 2.75) is 72.1 Å². The summed E-state index contributed by atoms with van der Waals surface area (Å²) >= 11 is 0. The quantitative estimate of drug-likeness (QED) is 0.840. The standard InChI is InChI=1S/C18H34N2O/c1-4-8-18(9-7-12-19-15-18)16(21)20-13-10-17(5-2,6-3)11-14-20/h19H,4-15H2,1-3H3. The molecule has 0 bridgehead atoms. The van der Waals surface area contributed by atoms with Crippen molar-refractivity contribution in [2.24, 2.45) is 10.8 Å². The number of likely N-dealkylation sites (tertiary alicyclic amines) is 1. The number of nitrogens with zero attached hydrogens (tertiary/aromatic N) is 1. The maximum absolute atomic E-state index is 13.1. The van der Waals surface area contributed by atoms with E-state index < -0.39 is 0 Å². The minimum atomic E-state index is -0.106. The Morgan fingerprint density at radius 3 is 2.24 bits per heavy atom. The highest BCUT2D eigenvalue weighted by atomic mass is 16.2. The maximum atomic E-state index is 13.1. The summed E-state index contributed by atoms with van der Waals surface area (Å²) in [5.41, 5.74) is 0.394. The Balaban J connectivity index is 2.02. The van der Waals surface area contributed by atoms with Crippen molar-refractivity contribution < 1.29 is 4.79 Å². The Hall–Kier alpha value is -0.570. The number of carbonyl (C=O) groups is 1. The molecule has 2 saturated heterocycles. The predicted molar refractivity (Wildman–Crippen MR) is 88.3 cm³/mol. The summed E-state index contributed by atoms with van der Waals surface area (Å²) < 4.78 is 0. The molecule has 3 nitrogen and oxygen atoms in total. The lowest BCUT2D eigenvalue weighted by molar-refractivity contribution is -0.146. The van der Waals surface area contributed by atoms with Crippen molar-refractivity contribution in [3.8, 4) is 0 Å². The molecule has 0 aromatic rings. The van der Waals surface area contributed by atoms with E-state index in [1.807, 2.05) is 0 Å². The molecule has 0 aliphatic carbocycles. The number of hydrogen-bond acceptors (Lipinski definition) is 2. The first-order valence-electron chi connectivity index (χ1n) is 9.11.